The van der Waals surface area contributed by atoms with Crippen LogP contribution in [0.5, 0.6) is 11.5 Å². The highest BCUT2D eigenvalue weighted by Crippen LogP contribution is 2.33. The zero-order chi connectivity index (χ0) is 17.2. The Morgan fingerprint density at radius 2 is 1.56 bits per heavy atom. The van der Waals surface area contributed by atoms with E-state index in [-0.39, 0.29) is 24.8 Å². The Bertz CT molecular complexity index is 1070. The molecule has 0 amide bonds. The largest absolute Gasteiger partial charge is 0.493 e. The van der Waals surface area contributed by atoms with E-state index >= 15 is 0 Å². The Morgan fingerprint density at radius 1 is 0.815 bits per heavy atom. The van der Waals surface area contributed by atoms with Gasteiger partial charge in [0.1, 0.15) is 0 Å². The number of fused-ring (bicyclic) bond motifs is 2. The van der Waals surface area contributed by atoms with Gasteiger partial charge in [-0.1, -0.05) is 24.3 Å². The number of aromatic nitrogens is 2. The SMILES string of the molecule is COc1cc2cncc(Cc3ccc4ccccc4n3)c2cc1OC.Cl.Cl. The predicted molar refractivity (Wildman–Crippen MR) is 114 cm³/mol. The number of benzene rings is 2. The number of halogens is 2. The molecule has 6 heteroatoms. The lowest BCUT2D eigenvalue weighted by Gasteiger charge is -2.12. The van der Waals surface area contributed by atoms with Gasteiger partial charge in [0.05, 0.1) is 19.7 Å². The van der Waals surface area contributed by atoms with Gasteiger partial charge in [0.15, 0.2) is 11.5 Å². The van der Waals surface area contributed by atoms with Crippen LogP contribution in [-0.4, -0.2) is 24.2 Å². The van der Waals surface area contributed by atoms with Crippen LogP contribution in [0.3, 0.4) is 0 Å². The van der Waals surface area contributed by atoms with E-state index in [1.807, 2.05) is 42.7 Å². The van der Waals surface area contributed by atoms with E-state index in [9.17, 15) is 0 Å². The zero-order valence-corrected chi connectivity index (χ0v) is 16.6. The lowest BCUT2D eigenvalue weighted by atomic mass is 10.0. The fourth-order valence-electron chi connectivity index (χ4n) is 3.10. The highest BCUT2D eigenvalue weighted by atomic mass is 35.5. The first-order valence-corrected chi connectivity index (χ1v) is 8.12. The fourth-order valence-corrected chi connectivity index (χ4v) is 3.10. The molecule has 27 heavy (non-hydrogen) atoms. The summed E-state index contributed by atoms with van der Waals surface area (Å²) in [5.74, 6) is 1.42. The molecule has 0 unspecified atom stereocenters. The Morgan fingerprint density at radius 3 is 2.33 bits per heavy atom. The van der Waals surface area contributed by atoms with Crippen molar-refractivity contribution in [2.75, 3.05) is 14.2 Å². The van der Waals surface area contributed by atoms with Crippen molar-refractivity contribution in [1.29, 1.82) is 0 Å². The van der Waals surface area contributed by atoms with Gasteiger partial charge in [-0.05, 0) is 35.2 Å². The summed E-state index contributed by atoms with van der Waals surface area (Å²) in [5, 5.41) is 3.27. The summed E-state index contributed by atoms with van der Waals surface area (Å²) >= 11 is 0. The van der Waals surface area contributed by atoms with Crippen LogP contribution < -0.4 is 9.47 Å². The summed E-state index contributed by atoms with van der Waals surface area (Å²) in [6.45, 7) is 0. The number of para-hydroxylation sites is 1. The van der Waals surface area contributed by atoms with E-state index in [2.05, 4.69) is 23.2 Å². The van der Waals surface area contributed by atoms with Crippen molar-refractivity contribution in [2.45, 2.75) is 6.42 Å². The molecule has 4 aromatic rings. The summed E-state index contributed by atoms with van der Waals surface area (Å²) in [5.41, 5.74) is 3.14. The zero-order valence-electron chi connectivity index (χ0n) is 15.0. The van der Waals surface area contributed by atoms with E-state index in [1.165, 1.54) is 0 Å². The molecule has 0 aliphatic heterocycles. The van der Waals surface area contributed by atoms with E-state index in [4.69, 9.17) is 14.5 Å². The number of ether oxygens (including phenoxy) is 2. The van der Waals surface area contributed by atoms with Crippen LogP contribution in [0.2, 0.25) is 0 Å². The minimum atomic E-state index is 0. The summed E-state index contributed by atoms with van der Waals surface area (Å²) in [6.07, 6.45) is 4.45. The van der Waals surface area contributed by atoms with Crippen molar-refractivity contribution in [3.63, 3.8) is 0 Å². The van der Waals surface area contributed by atoms with Gasteiger partial charge in [0.2, 0.25) is 0 Å². The van der Waals surface area contributed by atoms with Crippen LogP contribution in [-0.2, 0) is 6.42 Å². The maximum absolute atomic E-state index is 5.45. The van der Waals surface area contributed by atoms with Gasteiger partial charge in [0, 0.05) is 35.3 Å². The normalized spacial score (nSPS) is 10.1. The minimum Gasteiger partial charge on any atom is -0.493 e. The molecule has 2 heterocycles. The molecule has 2 aromatic heterocycles. The van der Waals surface area contributed by atoms with Gasteiger partial charge < -0.3 is 9.47 Å². The van der Waals surface area contributed by atoms with Gasteiger partial charge in [-0.15, -0.1) is 24.8 Å². The number of rotatable bonds is 4. The van der Waals surface area contributed by atoms with Crippen molar-refractivity contribution < 1.29 is 9.47 Å². The molecular formula is C21H20Cl2N2O2. The summed E-state index contributed by atoms with van der Waals surface area (Å²) < 4.78 is 10.8. The number of nitrogens with zero attached hydrogens (tertiary/aromatic N) is 2. The van der Waals surface area contributed by atoms with E-state index in [1.54, 1.807) is 14.2 Å². The third-order valence-corrected chi connectivity index (χ3v) is 4.37. The van der Waals surface area contributed by atoms with Crippen LogP contribution in [0.25, 0.3) is 21.7 Å². The lowest BCUT2D eigenvalue weighted by Crippen LogP contribution is -1.96. The van der Waals surface area contributed by atoms with Gasteiger partial charge in [-0.3, -0.25) is 9.97 Å². The van der Waals surface area contributed by atoms with Gasteiger partial charge in [-0.2, -0.15) is 0 Å². The average molecular weight is 403 g/mol. The molecule has 0 N–H and O–H groups in total. The quantitative estimate of drug-likeness (QED) is 0.468. The van der Waals surface area contributed by atoms with E-state index < -0.39 is 0 Å². The lowest BCUT2D eigenvalue weighted by molar-refractivity contribution is 0.356. The smallest absolute Gasteiger partial charge is 0.161 e. The maximum Gasteiger partial charge on any atom is 0.161 e. The third kappa shape index (κ3) is 4.07. The predicted octanol–water partition coefficient (Wildman–Crippen LogP) is 5.23. The van der Waals surface area contributed by atoms with Crippen LogP contribution in [0.15, 0.2) is 60.9 Å². The average Bonchev–Trinajstić information content (AvgIpc) is 2.67. The molecule has 4 rings (SSSR count). The number of methoxy groups -OCH3 is 2. The standard InChI is InChI=1S/C21H18N2O2.2ClH/c1-24-20-10-16-13-22-12-15(18(16)11-21(20)25-2)9-17-8-7-14-5-3-4-6-19(14)23-17;;/h3-8,10-13H,9H2,1-2H3;2*1H. The van der Waals surface area contributed by atoms with Gasteiger partial charge in [0.25, 0.3) is 0 Å². The topological polar surface area (TPSA) is 44.2 Å². The van der Waals surface area contributed by atoms with Crippen LogP contribution in [0.1, 0.15) is 11.3 Å². The molecule has 2 aromatic carbocycles. The number of hydrogen-bond donors (Lipinski definition) is 0. The van der Waals surface area contributed by atoms with Crippen molar-refractivity contribution in [3.8, 4) is 11.5 Å². The molecule has 0 spiro atoms. The molecule has 0 atom stereocenters. The first kappa shape index (κ1) is 20.7. The second-order valence-electron chi connectivity index (χ2n) is 5.90. The first-order valence-electron chi connectivity index (χ1n) is 8.12. The molecule has 0 aliphatic carbocycles. The Kier molecular flexibility index (Phi) is 6.83. The molecule has 4 nitrogen and oxygen atoms in total. The minimum absolute atomic E-state index is 0. The summed E-state index contributed by atoms with van der Waals surface area (Å²) in [4.78, 5) is 9.15. The molecule has 140 valence electrons. The Hall–Kier alpha value is -2.56. The monoisotopic (exact) mass is 402 g/mol. The maximum atomic E-state index is 5.45. The molecule has 0 bridgehead atoms. The molecule has 0 radical (unpaired) electrons. The highest BCUT2D eigenvalue weighted by molar-refractivity contribution is 5.88. The number of hydrogen-bond acceptors (Lipinski definition) is 4. The fraction of sp³-hybridized carbons (Fsp3) is 0.143. The second kappa shape index (κ2) is 8.89. The Labute approximate surface area is 170 Å². The molecule has 0 saturated carbocycles. The van der Waals surface area contributed by atoms with Crippen molar-refractivity contribution in [1.82, 2.24) is 9.97 Å². The highest BCUT2D eigenvalue weighted by Gasteiger charge is 2.10. The van der Waals surface area contributed by atoms with Crippen LogP contribution >= 0.6 is 24.8 Å². The van der Waals surface area contributed by atoms with Crippen molar-refractivity contribution in [3.05, 3.63) is 72.2 Å². The molecule has 0 fully saturated rings. The van der Waals surface area contributed by atoms with Gasteiger partial charge in [-0.25, -0.2) is 0 Å². The molecule has 0 saturated heterocycles. The van der Waals surface area contributed by atoms with Gasteiger partial charge >= 0.3 is 0 Å². The Balaban J connectivity index is 0.00000131. The number of pyridine rings is 2. The molecule has 0 aliphatic rings. The van der Waals surface area contributed by atoms with Crippen LogP contribution in [0.4, 0.5) is 0 Å². The third-order valence-electron chi connectivity index (χ3n) is 4.37. The first-order chi connectivity index (χ1) is 12.3. The van der Waals surface area contributed by atoms with E-state index in [0.717, 1.165) is 32.9 Å². The molecular weight excluding hydrogens is 383 g/mol. The van der Waals surface area contributed by atoms with E-state index in [0.29, 0.717) is 17.9 Å². The second-order valence-corrected chi connectivity index (χ2v) is 5.90. The summed E-state index contributed by atoms with van der Waals surface area (Å²) in [6, 6.07) is 16.3. The van der Waals surface area contributed by atoms with Crippen LogP contribution in [0, 0.1) is 0 Å². The van der Waals surface area contributed by atoms with Crippen molar-refractivity contribution >= 4 is 46.5 Å². The summed E-state index contributed by atoms with van der Waals surface area (Å²) in [7, 11) is 3.29. The van der Waals surface area contributed by atoms with Crippen molar-refractivity contribution in [2.24, 2.45) is 0 Å².